The summed E-state index contributed by atoms with van der Waals surface area (Å²) in [6, 6.07) is 2.65. The maximum atomic E-state index is 4.53. The van der Waals surface area contributed by atoms with E-state index in [1.165, 1.54) is 21.0 Å². The van der Waals surface area contributed by atoms with Crippen LogP contribution in [0.25, 0.3) is 0 Å². The second-order valence-electron chi connectivity index (χ2n) is 4.13. The highest BCUT2D eigenvalue weighted by Gasteiger charge is 2.25. The van der Waals surface area contributed by atoms with Crippen molar-refractivity contribution in [3.8, 4) is 0 Å². The summed E-state index contributed by atoms with van der Waals surface area (Å²) < 4.78 is 0. The van der Waals surface area contributed by atoms with Gasteiger partial charge < -0.3 is 5.32 Å². The Labute approximate surface area is 103 Å². The van der Waals surface area contributed by atoms with Gasteiger partial charge in [-0.15, -0.1) is 22.7 Å². The molecule has 0 saturated carbocycles. The summed E-state index contributed by atoms with van der Waals surface area (Å²) in [4.78, 5) is 7.40. The van der Waals surface area contributed by atoms with E-state index in [1.807, 2.05) is 22.7 Å². The Bertz CT molecular complexity index is 513. The third-order valence-electron chi connectivity index (χ3n) is 2.99. The molecule has 0 radical (unpaired) electrons. The molecule has 0 aromatic carbocycles. The van der Waals surface area contributed by atoms with E-state index in [0.29, 0.717) is 6.04 Å². The van der Waals surface area contributed by atoms with Gasteiger partial charge in [0.05, 0.1) is 16.7 Å². The predicted molar refractivity (Wildman–Crippen MR) is 69.5 cm³/mol. The lowest BCUT2D eigenvalue weighted by molar-refractivity contribution is 0.582. The highest BCUT2D eigenvalue weighted by atomic mass is 32.1. The lowest BCUT2D eigenvalue weighted by atomic mass is 10.0. The van der Waals surface area contributed by atoms with E-state index in [2.05, 4.69) is 35.6 Å². The standard InChI is InChI=1S/C12H14N2S2/c1-7-11(16-8(2)14-7)10-12-9(3-5-13-10)4-6-15-12/h4,6,10,13H,3,5H2,1-2H3. The van der Waals surface area contributed by atoms with Gasteiger partial charge in [0.15, 0.2) is 0 Å². The van der Waals surface area contributed by atoms with Gasteiger partial charge in [-0.2, -0.15) is 0 Å². The van der Waals surface area contributed by atoms with Crippen LogP contribution in [0.1, 0.15) is 32.1 Å². The minimum absolute atomic E-state index is 0.384. The van der Waals surface area contributed by atoms with E-state index in [-0.39, 0.29) is 0 Å². The van der Waals surface area contributed by atoms with Crippen molar-refractivity contribution in [2.75, 3.05) is 6.54 Å². The van der Waals surface area contributed by atoms with Crippen LogP contribution in [0.4, 0.5) is 0 Å². The first-order valence-electron chi connectivity index (χ1n) is 5.49. The number of aryl methyl sites for hydroxylation is 2. The van der Waals surface area contributed by atoms with Gasteiger partial charge in [0.25, 0.3) is 0 Å². The van der Waals surface area contributed by atoms with E-state index in [4.69, 9.17) is 0 Å². The minimum Gasteiger partial charge on any atom is -0.305 e. The molecule has 1 unspecified atom stereocenters. The largest absolute Gasteiger partial charge is 0.305 e. The molecule has 1 aliphatic heterocycles. The van der Waals surface area contributed by atoms with Crippen LogP contribution < -0.4 is 5.32 Å². The van der Waals surface area contributed by atoms with Crippen LogP contribution in [0.3, 0.4) is 0 Å². The van der Waals surface area contributed by atoms with Gasteiger partial charge in [0.2, 0.25) is 0 Å². The Balaban J connectivity index is 2.07. The molecule has 0 aliphatic carbocycles. The maximum absolute atomic E-state index is 4.53. The van der Waals surface area contributed by atoms with E-state index < -0.39 is 0 Å². The van der Waals surface area contributed by atoms with Crippen molar-refractivity contribution in [1.29, 1.82) is 0 Å². The first-order valence-corrected chi connectivity index (χ1v) is 7.19. The number of hydrogen-bond acceptors (Lipinski definition) is 4. The smallest absolute Gasteiger partial charge is 0.0900 e. The average Bonchev–Trinajstić information content (AvgIpc) is 2.84. The second-order valence-corrected chi connectivity index (χ2v) is 6.31. The molecule has 0 bridgehead atoms. The number of aromatic nitrogens is 1. The summed E-state index contributed by atoms with van der Waals surface area (Å²) in [6.07, 6.45) is 1.16. The predicted octanol–water partition coefficient (Wildman–Crippen LogP) is 3.06. The van der Waals surface area contributed by atoms with Gasteiger partial charge in [0.1, 0.15) is 0 Å². The SMILES string of the molecule is Cc1nc(C)c(C2NCCc3ccsc32)s1. The summed E-state index contributed by atoms with van der Waals surface area (Å²) in [5.74, 6) is 0. The van der Waals surface area contributed by atoms with Crippen molar-refractivity contribution in [3.05, 3.63) is 37.5 Å². The fourth-order valence-corrected chi connectivity index (χ4v) is 4.40. The molecule has 3 heterocycles. The number of thiazole rings is 1. The molecular formula is C12H14N2S2. The second kappa shape index (κ2) is 3.95. The number of thiophene rings is 1. The van der Waals surface area contributed by atoms with Crippen LogP contribution in [-0.4, -0.2) is 11.5 Å². The molecule has 1 aliphatic rings. The molecule has 4 heteroatoms. The molecular weight excluding hydrogens is 236 g/mol. The summed E-state index contributed by atoms with van der Waals surface area (Å²) in [5.41, 5.74) is 2.69. The zero-order valence-corrected chi connectivity index (χ0v) is 11.0. The van der Waals surface area contributed by atoms with Crippen LogP contribution in [-0.2, 0) is 6.42 Å². The number of hydrogen-bond donors (Lipinski definition) is 1. The fraction of sp³-hybridized carbons (Fsp3) is 0.417. The molecule has 2 aromatic rings. The van der Waals surface area contributed by atoms with Crippen molar-refractivity contribution in [3.63, 3.8) is 0 Å². The summed E-state index contributed by atoms with van der Waals surface area (Å²) >= 11 is 3.68. The van der Waals surface area contributed by atoms with Gasteiger partial charge in [-0.25, -0.2) is 4.98 Å². The van der Waals surface area contributed by atoms with Crippen LogP contribution in [0.15, 0.2) is 11.4 Å². The Morgan fingerprint density at radius 3 is 3.00 bits per heavy atom. The fourth-order valence-electron chi connectivity index (χ4n) is 2.28. The van der Waals surface area contributed by atoms with E-state index >= 15 is 0 Å². The highest BCUT2D eigenvalue weighted by Crippen LogP contribution is 2.36. The van der Waals surface area contributed by atoms with Crippen LogP contribution in [0, 0.1) is 13.8 Å². The molecule has 1 N–H and O–H groups in total. The van der Waals surface area contributed by atoms with Crippen molar-refractivity contribution in [2.24, 2.45) is 0 Å². The topological polar surface area (TPSA) is 24.9 Å². The number of nitrogens with zero attached hydrogens (tertiary/aromatic N) is 1. The Morgan fingerprint density at radius 2 is 2.25 bits per heavy atom. The Hall–Kier alpha value is -0.710. The molecule has 0 fully saturated rings. The normalized spacial score (nSPS) is 19.8. The Morgan fingerprint density at radius 1 is 1.38 bits per heavy atom. The van der Waals surface area contributed by atoms with Crippen molar-refractivity contribution < 1.29 is 0 Å². The minimum atomic E-state index is 0.384. The van der Waals surface area contributed by atoms with Gasteiger partial charge >= 0.3 is 0 Å². The lowest BCUT2D eigenvalue weighted by Gasteiger charge is -2.23. The Kier molecular flexibility index (Phi) is 2.58. The monoisotopic (exact) mass is 250 g/mol. The van der Waals surface area contributed by atoms with Crippen LogP contribution in [0.5, 0.6) is 0 Å². The number of fused-ring (bicyclic) bond motifs is 1. The zero-order chi connectivity index (χ0) is 11.1. The number of nitrogens with one attached hydrogen (secondary N) is 1. The van der Waals surface area contributed by atoms with Crippen molar-refractivity contribution >= 4 is 22.7 Å². The van der Waals surface area contributed by atoms with E-state index in [1.54, 1.807) is 0 Å². The average molecular weight is 250 g/mol. The van der Waals surface area contributed by atoms with E-state index in [0.717, 1.165) is 18.0 Å². The molecule has 3 rings (SSSR count). The first-order chi connectivity index (χ1) is 7.75. The van der Waals surface area contributed by atoms with Crippen LogP contribution in [0.2, 0.25) is 0 Å². The quantitative estimate of drug-likeness (QED) is 0.841. The maximum Gasteiger partial charge on any atom is 0.0900 e. The molecule has 1 atom stereocenters. The molecule has 0 amide bonds. The van der Waals surface area contributed by atoms with Gasteiger partial charge in [-0.05, 0) is 37.3 Å². The molecule has 16 heavy (non-hydrogen) atoms. The summed E-state index contributed by atoms with van der Waals surface area (Å²) in [6.45, 7) is 5.27. The third kappa shape index (κ3) is 1.61. The lowest BCUT2D eigenvalue weighted by Crippen LogP contribution is -2.29. The number of rotatable bonds is 1. The van der Waals surface area contributed by atoms with Crippen molar-refractivity contribution in [1.82, 2.24) is 10.3 Å². The zero-order valence-electron chi connectivity index (χ0n) is 9.41. The molecule has 2 aromatic heterocycles. The highest BCUT2D eigenvalue weighted by molar-refractivity contribution is 7.12. The van der Waals surface area contributed by atoms with Gasteiger partial charge in [-0.3, -0.25) is 0 Å². The van der Waals surface area contributed by atoms with E-state index in [9.17, 15) is 0 Å². The third-order valence-corrected chi connectivity index (χ3v) is 5.15. The first kappa shape index (κ1) is 10.4. The summed E-state index contributed by atoms with van der Waals surface area (Å²) in [7, 11) is 0. The molecule has 0 saturated heterocycles. The molecule has 84 valence electrons. The van der Waals surface area contributed by atoms with Crippen molar-refractivity contribution in [2.45, 2.75) is 26.3 Å². The summed E-state index contributed by atoms with van der Waals surface area (Å²) in [5, 5.41) is 6.98. The van der Waals surface area contributed by atoms with Crippen LogP contribution >= 0.6 is 22.7 Å². The van der Waals surface area contributed by atoms with Gasteiger partial charge in [0, 0.05) is 16.3 Å². The van der Waals surface area contributed by atoms with Gasteiger partial charge in [-0.1, -0.05) is 0 Å². The molecule has 2 nitrogen and oxygen atoms in total. The molecule has 0 spiro atoms.